The van der Waals surface area contributed by atoms with E-state index in [0.717, 1.165) is 58.8 Å². The zero-order valence-electron chi connectivity index (χ0n) is 25.3. The van der Waals surface area contributed by atoms with Crippen molar-refractivity contribution in [1.29, 1.82) is 0 Å². The van der Waals surface area contributed by atoms with Crippen molar-refractivity contribution in [2.75, 3.05) is 7.11 Å². The third kappa shape index (κ3) is 7.97. The fourth-order valence-electron chi connectivity index (χ4n) is 5.11. The third-order valence-corrected chi connectivity index (χ3v) is 7.24. The summed E-state index contributed by atoms with van der Waals surface area (Å²) in [5.74, 6) is 0.754. The van der Waals surface area contributed by atoms with Gasteiger partial charge >= 0.3 is 0 Å². The summed E-state index contributed by atoms with van der Waals surface area (Å²) in [7, 11) is 1.63. The van der Waals surface area contributed by atoms with Gasteiger partial charge in [-0.05, 0) is 68.5 Å². The smallest absolute Gasteiger partial charge is 0.161 e. The predicted molar refractivity (Wildman–Crippen MR) is 166 cm³/mol. The standard InChI is InChI=1S/C13H17NO3.C11H13NO.C10H11NO/c1-8-4-10(7-15)13(11(5-8)16-3)12-6-9(2)14-17-12;1-8-5-3-4-6-10(8)11-7-9(2)12-13-11;1-8-7-10(12-11-8)9-5-3-2-4-6-9/h4-5,12,15H,6-7H2,1-3H3;3-6,11H,7H2,1-2H3;2-6,10H,7H2,1H3. The van der Waals surface area contributed by atoms with Crippen molar-refractivity contribution in [3.63, 3.8) is 0 Å². The van der Waals surface area contributed by atoms with E-state index in [0.29, 0.717) is 0 Å². The maximum Gasteiger partial charge on any atom is 0.161 e. The first-order chi connectivity index (χ1) is 20.3. The molecule has 3 atom stereocenters. The number of hydrogen-bond acceptors (Lipinski definition) is 8. The zero-order valence-corrected chi connectivity index (χ0v) is 25.3. The fraction of sp³-hybridized carbons (Fsp3) is 0.382. The van der Waals surface area contributed by atoms with E-state index < -0.39 is 0 Å². The first-order valence-electron chi connectivity index (χ1n) is 14.3. The van der Waals surface area contributed by atoms with Crippen LogP contribution in [0.4, 0.5) is 0 Å². The van der Waals surface area contributed by atoms with Crippen molar-refractivity contribution < 1.29 is 24.4 Å². The molecule has 0 aliphatic carbocycles. The Hall–Kier alpha value is -4.17. The summed E-state index contributed by atoms with van der Waals surface area (Å²) >= 11 is 0. The minimum Gasteiger partial charge on any atom is -0.496 e. The third-order valence-electron chi connectivity index (χ3n) is 7.24. The van der Waals surface area contributed by atoms with Crippen molar-refractivity contribution in [1.82, 2.24) is 0 Å². The number of ether oxygens (including phenoxy) is 1. The maximum atomic E-state index is 9.44. The SMILES string of the molecule is CC1=NOC(c2ccccc2)C1.CC1=NOC(c2ccccc2C)C1.COc1cc(C)cc(CO)c1C1CC(C)=NO1. The number of oxime groups is 3. The van der Waals surface area contributed by atoms with Crippen LogP contribution in [-0.4, -0.2) is 29.4 Å². The highest BCUT2D eigenvalue weighted by atomic mass is 16.7. The lowest BCUT2D eigenvalue weighted by Crippen LogP contribution is -2.06. The summed E-state index contributed by atoms with van der Waals surface area (Å²) < 4.78 is 5.37. The number of methoxy groups -OCH3 is 1. The van der Waals surface area contributed by atoms with Gasteiger partial charge in [0, 0.05) is 24.8 Å². The lowest BCUT2D eigenvalue weighted by atomic mass is 9.96. The molecule has 3 aromatic carbocycles. The van der Waals surface area contributed by atoms with E-state index in [1.807, 2.05) is 70.2 Å². The highest BCUT2D eigenvalue weighted by molar-refractivity contribution is 5.84. The number of benzene rings is 3. The van der Waals surface area contributed by atoms with Crippen LogP contribution in [0, 0.1) is 13.8 Å². The molecule has 222 valence electrons. The minimum absolute atomic E-state index is 0.0215. The summed E-state index contributed by atoms with van der Waals surface area (Å²) in [5.41, 5.74) is 9.65. The molecule has 3 aliphatic heterocycles. The maximum absolute atomic E-state index is 9.44. The number of aliphatic hydroxyl groups is 1. The molecular formula is C34H41N3O5. The number of nitrogens with zero attached hydrogens (tertiary/aromatic N) is 3. The molecule has 8 nitrogen and oxygen atoms in total. The van der Waals surface area contributed by atoms with Crippen LogP contribution in [0.2, 0.25) is 0 Å². The predicted octanol–water partition coefficient (Wildman–Crippen LogP) is 7.69. The molecule has 3 aromatic rings. The molecule has 0 aromatic heterocycles. The van der Waals surface area contributed by atoms with Gasteiger partial charge in [0.2, 0.25) is 0 Å². The Morgan fingerprint density at radius 3 is 1.79 bits per heavy atom. The van der Waals surface area contributed by atoms with Crippen molar-refractivity contribution in [2.45, 2.75) is 78.8 Å². The molecule has 3 unspecified atom stereocenters. The van der Waals surface area contributed by atoms with E-state index in [2.05, 4.69) is 46.7 Å². The van der Waals surface area contributed by atoms with Crippen LogP contribution >= 0.6 is 0 Å². The molecule has 1 N–H and O–H groups in total. The summed E-state index contributed by atoms with van der Waals surface area (Å²) in [5, 5.41) is 21.2. The quantitative estimate of drug-likeness (QED) is 0.339. The molecule has 0 amide bonds. The molecule has 0 saturated heterocycles. The Labute approximate surface area is 248 Å². The average molecular weight is 572 g/mol. The van der Waals surface area contributed by atoms with Crippen LogP contribution in [0.3, 0.4) is 0 Å². The van der Waals surface area contributed by atoms with Gasteiger partial charge < -0.3 is 24.4 Å². The molecule has 8 heteroatoms. The Bertz CT molecular complexity index is 1410. The van der Waals surface area contributed by atoms with Crippen LogP contribution in [0.1, 0.15) is 91.7 Å². The Morgan fingerprint density at radius 1 is 0.714 bits per heavy atom. The zero-order chi connectivity index (χ0) is 30.1. The first kappa shape index (κ1) is 30.8. The van der Waals surface area contributed by atoms with Gasteiger partial charge in [0.05, 0.1) is 30.9 Å². The van der Waals surface area contributed by atoms with Gasteiger partial charge in [-0.1, -0.05) is 76.1 Å². The largest absolute Gasteiger partial charge is 0.496 e. The summed E-state index contributed by atoms with van der Waals surface area (Å²) in [4.78, 5) is 15.9. The normalized spacial score (nSPS) is 20.4. The number of aliphatic hydroxyl groups excluding tert-OH is 1. The lowest BCUT2D eigenvalue weighted by Gasteiger charge is -2.17. The molecular weight excluding hydrogens is 530 g/mol. The lowest BCUT2D eigenvalue weighted by molar-refractivity contribution is 0.0818. The number of rotatable bonds is 5. The van der Waals surface area contributed by atoms with Gasteiger partial charge in [0.25, 0.3) is 0 Å². The topological polar surface area (TPSA) is 94.2 Å². The molecule has 42 heavy (non-hydrogen) atoms. The Morgan fingerprint density at radius 2 is 1.26 bits per heavy atom. The Balaban J connectivity index is 0.000000147. The molecule has 0 spiro atoms. The van der Waals surface area contributed by atoms with E-state index in [9.17, 15) is 5.11 Å². The van der Waals surface area contributed by atoms with E-state index >= 15 is 0 Å². The first-order valence-corrected chi connectivity index (χ1v) is 14.3. The fourth-order valence-corrected chi connectivity index (χ4v) is 5.11. The highest BCUT2D eigenvalue weighted by Crippen LogP contribution is 2.37. The van der Waals surface area contributed by atoms with E-state index in [4.69, 9.17) is 19.2 Å². The van der Waals surface area contributed by atoms with Gasteiger partial charge in [-0.2, -0.15) is 0 Å². The number of aryl methyl sites for hydroxylation is 2. The molecule has 0 bridgehead atoms. The van der Waals surface area contributed by atoms with Gasteiger partial charge in [0.1, 0.15) is 5.75 Å². The van der Waals surface area contributed by atoms with Crippen LogP contribution in [0.25, 0.3) is 0 Å². The molecule has 3 heterocycles. The van der Waals surface area contributed by atoms with Gasteiger partial charge in [0.15, 0.2) is 18.3 Å². The van der Waals surface area contributed by atoms with Crippen molar-refractivity contribution in [3.8, 4) is 5.75 Å². The van der Waals surface area contributed by atoms with Crippen molar-refractivity contribution >= 4 is 17.1 Å². The molecule has 0 saturated carbocycles. The van der Waals surface area contributed by atoms with E-state index in [1.54, 1.807) is 7.11 Å². The van der Waals surface area contributed by atoms with Gasteiger partial charge in [-0.15, -0.1) is 0 Å². The van der Waals surface area contributed by atoms with Crippen molar-refractivity contribution in [3.05, 3.63) is 100 Å². The average Bonchev–Trinajstić information content (AvgIpc) is 3.75. The van der Waals surface area contributed by atoms with E-state index in [1.165, 1.54) is 16.7 Å². The van der Waals surface area contributed by atoms with Crippen molar-refractivity contribution in [2.24, 2.45) is 15.5 Å². The number of hydrogen-bond donors (Lipinski definition) is 1. The summed E-state index contributed by atoms with van der Waals surface area (Å²) in [6.07, 6.45) is 2.72. The summed E-state index contributed by atoms with van der Waals surface area (Å²) in [6, 6.07) is 22.4. The monoisotopic (exact) mass is 571 g/mol. The summed E-state index contributed by atoms with van der Waals surface area (Å²) in [6.45, 7) is 9.97. The van der Waals surface area contributed by atoms with Crippen LogP contribution < -0.4 is 4.74 Å². The van der Waals surface area contributed by atoms with Crippen LogP contribution in [-0.2, 0) is 21.1 Å². The Kier molecular flexibility index (Phi) is 10.7. The molecule has 0 fully saturated rings. The molecule has 0 radical (unpaired) electrons. The molecule has 3 aliphatic rings. The second-order valence-electron chi connectivity index (χ2n) is 10.8. The van der Waals surface area contributed by atoms with E-state index in [-0.39, 0.29) is 24.9 Å². The van der Waals surface area contributed by atoms with Crippen LogP contribution in [0.15, 0.2) is 82.2 Å². The van der Waals surface area contributed by atoms with Gasteiger partial charge in [-0.3, -0.25) is 0 Å². The molecule has 6 rings (SSSR count). The second-order valence-corrected chi connectivity index (χ2v) is 10.8. The van der Waals surface area contributed by atoms with Gasteiger partial charge in [-0.25, -0.2) is 0 Å². The minimum atomic E-state index is -0.146. The second kappa shape index (κ2) is 14.6. The van der Waals surface area contributed by atoms with Crippen LogP contribution in [0.5, 0.6) is 5.75 Å². The highest BCUT2D eigenvalue weighted by Gasteiger charge is 2.27.